The Kier molecular flexibility index (Phi) is 6.10. The van der Waals surface area contributed by atoms with Gasteiger partial charge in [0.05, 0.1) is 0 Å². The summed E-state index contributed by atoms with van der Waals surface area (Å²) in [6.45, 7) is 3.80. The highest BCUT2D eigenvalue weighted by Crippen LogP contribution is 2.22. The Morgan fingerprint density at radius 1 is 0.806 bits per heavy atom. The van der Waals surface area contributed by atoms with Gasteiger partial charge in [-0.3, -0.25) is 4.79 Å². The molecule has 0 atom stereocenters. The molecule has 0 bridgehead atoms. The molecule has 0 radical (unpaired) electrons. The average Bonchev–Trinajstić information content (AvgIpc) is 2.84. The van der Waals surface area contributed by atoms with Crippen molar-refractivity contribution in [3.05, 3.63) is 106 Å². The molecule has 0 aliphatic rings. The summed E-state index contributed by atoms with van der Waals surface area (Å²) in [6, 6.07) is 21.3. The van der Waals surface area contributed by atoms with Gasteiger partial charge in [-0.05, 0) is 67.9 Å². The molecule has 178 valence electrons. The Labute approximate surface area is 206 Å². The van der Waals surface area contributed by atoms with Gasteiger partial charge >= 0.3 is 5.63 Å². The van der Waals surface area contributed by atoms with Gasteiger partial charge in [0.2, 0.25) is 0 Å². The molecule has 3 aromatic heterocycles. The highest BCUT2D eigenvalue weighted by atomic mass is 16.4. The van der Waals surface area contributed by atoms with E-state index in [1.165, 1.54) is 6.07 Å². The lowest BCUT2D eigenvalue weighted by Crippen LogP contribution is -2.20. The second-order valence-corrected chi connectivity index (χ2v) is 8.17. The zero-order valence-corrected chi connectivity index (χ0v) is 19.6. The minimum absolute atomic E-state index is 0.0597. The summed E-state index contributed by atoms with van der Waals surface area (Å²) in [5, 5.41) is 9.84. The Morgan fingerprint density at radius 3 is 2.31 bits per heavy atom. The summed E-state index contributed by atoms with van der Waals surface area (Å²) in [4.78, 5) is 38.1. The van der Waals surface area contributed by atoms with E-state index in [1.807, 2.05) is 32.0 Å². The number of carbonyl (C=O) groups is 1. The Hall–Kier alpha value is -5.05. The monoisotopic (exact) mass is 478 g/mol. The molecule has 0 saturated carbocycles. The maximum absolute atomic E-state index is 12.7. The van der Waals surface area contributed by atoms with Crippen LogP contribution in [0.25, 0.3) is 11.0 Å². The smallest absolute Gasteiger partial charge is 0.349 e. The van der Waals surface area contributed by atoms with Crippen LogP contribution in [0.2, 0.25) is 0 Å². The third-order valence-corrected chi connectivity index (χ3v) is 5.31. The van der Waals surface area contributed by atoms with Gasteiger partial charge in [0.15, 0.2) is 0 Å². The molecule has 5 rings (SSSR count). The zero-order valence-electron chi connectivity index (χ0n) is 19.6. The molecule has 0 spiro atoms. The fraction of sp³-hybridized carbons (Fsp3) is 0.0741. The number of benzene rings is 2. The fourth-order valence-corrected chi connectivity index (χ4v) is 3.63. The first-order chi connectivity index (χ1) is 17.4. The quantitative estimate of drug-likeness (QED) is 0.280. The van der Waals surface area contributed by atoms with Crippen molar-refractivity contribution in [3.63, 3.8) is 0 Å². The standard InChI is InChI=1S/C27H22N6O3/c1-16-11-12-28-23(13-16)33-25-15-24(29-17(2)30-25)31-19-7-9-20(10-8-19)32-26(34)21-14-18-5-3-4-6-22(18)36-27(21)35/h3-15H,1-2H3,(H,32,34)(H2,28,29,30,31,33). The van der Waals surface area contributed by atoms with Crippen LogP contribution < -0.4 is 21.6 Å². The van der Waals surface area contributed by atoms with Crippen molar-refractivity contribution < 1.29 is 9.21 Å². The molecule has 0 unspecified atom stereocenters. The Morgan fingerprint density at radius 2 is 1.53 bits per heavy atom. The van der Waals surface area contributed by atoms with Gasteiger partial charge in [0.25, 0.3) is 5.91 Å². The maximum Gasteiger partial charge on any atom is 0.349 e. The molecule has 0 fully saturated rings. The summed E-state index contributed by atoms with van der Waals surface area (Å²) >= 11 is 0. The largest absolute Gasteiger partial charge is 0.422 e. The van der Waals surface area contributed by atoms with E-state index in [0.717, 1.165) is 11.3 Å². The zero-order chi connectivity index (χ0) is 25.1. The van der Waals surface area contributed by atoms with Crippen LogP contribution in [0.5, 0.6) is 0 Å². The van der Waals surface area contributed by atoms with Crippen molar-refractivity contribution in [2.75, 3.05) is 16.0 Å². The normalized spacial score (nSPS) is 10.7. The number of amides is 1. The number of anilines is 5. The van der Waals surface area contributed by atoms with Crippen LogP contribution in [0, 0.1) is 13.8 Å². The van der Waals surface area contributed by atoms with Crippen LogP contribution in [0.4, 0.5) is 28.8 Å². The number of aryl methyl sites for hydroxylation is 2. The topological polar surface area (TPSA) is 122 Å². The van der Waals surface area contributed by atoms with E-state index < -0.39 is 11.5 Å². The number of nitrogens with one attached hydrogen (secondary N) is 3. The van der Waals surface area contributed by atoms with Gasteiger partial charge in [-0.15, -0.1) is 0 Å². The molecule has 0 aliphatic carbocycles. The van der Waals surface area contributed by atoms with E-state index in [2.05, 4.69) is 30.9 Å². The highest BCUT2D eigenvalue weighted by Gasteiger charge is 2.14. The summed E-state index contributed by atoms with van der Waals surface area (Å²) in [6.07, 6.45) is 1.73. The van der Waals surface area contributed by atoms with Gasteiger partial charge in [-0.1, -0.05) is 18.2 Å². The van der Waals surface area contributed by atoms with Crippen molar-refractivity contribution in [1.29, 1.82) is 0 Å². The second-order valence-electron chi connectivity index (χ2n) is 8.17. The molecule has 2 aromatic carbocycles. The molecule has 1 amide bonds. The van der Waals surface area contributed by atoms with E-state index in [1.54, 1.807) is 54.7 Å². The summed E-state index contributed by atoms with van der Waals surface area (Å²) in [5.74, 6) is 1.96. The molecular weight excluding hydrogens is 456 g/mol. The van der Waals surface area contributed by atoms with Crippen LogP contribution in [0.3, 0.4) is 0 Å². The van der Waals surface area contributed by atoms with Crippen LogP contribution in [0.15, 0.2) is 88.2 Å². The Bertz CT molecular complexity index is 1630. The lowest BCUT2D eigenvalue weighted by Gasteiger charge is -2.11. The van der Waals surface area contributed by atoms with Crippen LogP contribution in [-0.4, -0.2) is 20.9 Å². The van der Waals surface area contributed by atoms with Crippen molar-refractivity contribution in [1.82, 2.24) is 15.0 Å². The van der Waals surface area contributed by atoms with E-state index in [-0.39, 0.29) is 5.56 Å². The predicted molar refractivity (Wildman–Crippen MR) is 139 cm³/mol. The molecule has 3 heterocycles. The van der Waals surface area contributed by atoms with Crippen LogP contribution >= 0.6 is 0 Å². The molecule has 3 N–H and O–H groups in total. The van der Waals surface area contributed by atoms with Gasteiger partial charge in [0.1, 0.15) is 34.4 Å². The number of rotatable bonds is 6. The molecule has 36 heavy (non-hydrogen) atoms. The second kappa shape index (κ2) is 9.67. The number of para-hydroxylation sites is 1. The fourth-order valence-electron chi connectivity index (χ4n) is 3.63. The van der Waals surface area contributed by atoms with Crippen molar-refractivity contribution >= 4 is 45.7 Å². The predicted octanol–water partition coefficient (Wildman–Crippen LogP) is 5.33. The summed E-state index contributed by atoms with van der Waals surface area (Å²) < 4.78 is 5.25. The molecule has 0 aliphatic heterocycles. The number of carbonyl (C=O) groups excluding carboxylic acids is 1. The third-order valence-electron chi connectivity index (χ3n) is 5.31. The third kappa shape index (κ3) is 5.20. The van der Waals surface area contributed by atoms with Crippen molar-refractivity contribution in [2.45, 2.75) is 13.8 Å². The highest BCUT2D eigenvalue weighted by molar-refractivity contribution is 6.05. The molecule has 0 saturated heterocycles. The van der Waals surface area contributed by atoms with Gasteiger partial charge < -0.3 is 20.4 Å². The lowest BCUT2D eigenvalue weighted by molar-refractivity contribution is 0.102. The van der Waals surface area contributed by atoms with Crippen LogP contribution in [-0.2, 0) is 0 Å². The van der Waals surface area contributed by atoms with Crippen LogP contribution in [0.1, 0.15) is 21.7 Å². The first-order valence-electron chi connectivity index (χ1n) is 11.2. The van der Waals surface area contributed by atoms with E-state index in [4.69, 9.17) is 4.42 Å². The van der Waals surface area contributed by atoms with Gasteiger partial charge in [0, 0.05) is 29.0 Å². The van der Waals surface area contributed by atoms with E-state index >= 15 is 0 Å². The van der Waals surface area contributed by atoms with E-state index in [0.29, 0.717) is 39.9 Å². The molecule has 5 aromatic rings. The number of aromatic nitrogens is 3. The first-order valence-corrected chi connectivity index (χ1v) is 11.2. The molecule has 9 heteroatoms. The average molecular weight is 479 g/mol. The molecule has 9 nitrogen and oxygen atoms in total. The van der Waals surface area contributed by atoms with Gasteiger partial charge in [-0.2, -0.15) is 0 Å². The Balaban J connectivity index is 1.28. The molecular formula is C27H22N6O3. The summed E-state index contributed by atoms with van der Waals surface area (Å²) in [5.41, 5.74) is 2.07. The van der Waals surface area contributed by atoms with Gasteiger partial charge in [-0.25, -0.2) is 19.7 Å². The van der Waals surface area contributed by atoms with Crippen molar-refractivity contribution in [2.24, 2.45) is 0 Å². The minimum Gasteiger partial charge on any atom is -0.422 e. The number of nitrogens with zero attached hydrogens (tertiary/aromatic N) is 3. The van der Waals surface area contributed by atoms with E-state index in [9.17, 15) is 9.59 Å². The summed E-state index contributed by atoms with van der Waals surface area (Å²) in [7, 11) is 0. The number of pyridine rings is 1. The van der Waals surface area contributed by atoms with Crippen molar-refractivity contribution in [3.8, 4) is 0 Å². The minimum atomic E-state index is -0.686. The SMILES string of the molecule is Cc1ccnc(Nc2cc(Nc3ccc(NC(=O)c4cc5ccccc5oc4=O)cc3)nc(C)n2)c1. The maximum atomic E-state index is 12.7. The lowest BCUT2D eigenvalue weighted by atomic mass is 10.1. The number of hydrogen-bond donors (Lipinski definition) is 3. The number of fused-ring (bicyclic) bond motifs is 1. The first kappa shape index (κ1) is 22.7. The number of hydrogen-bond acceptors (Lipinski definition) is 8.